The molecule has 0 unspecified atom stereocenters. The summed E-state index contributed by atoms with van der Waals surface area (Å²) in [6.45, 7) is 2.26. The minimum atomic E-state index is -3.67. The van der Waals surface area contributed by atoms with Gasteiger partial charge in [0.2, 0.25) is 0 Å². The van der Waals surface area contributed by atoms with E-state index in [-0.39, 0.29) is 9.37 Å². The molecule has 0 saturated heterocycles. The summed E-state index contributed by atoms with van der Waals surface area (Å²) in [7, 11) is -1.88. The lowest BCUT2D eigenvalue weighted by Gasteiger charge is -2.10. The van der Waals surface area contributed by atoms with Gasteiger partial charge < -0.3 is 5.32 Å². The minimum absolute atomic E-state index is 0.206. The smallest absolute Gasteiger partial charge is 0.262 e. The summed E-state index contributed by atoms with van der Waals surface area (Å²) >= 11 is 4.42. The van der Waals surface area contributed by atoms with Crippen molar-refractivity contribution in [2.24, 2.45) is 0 Å². The Hall–Kier alpha value is -0.960. The molecule has 0 saturated carbocycles. The highest BCUT2D eigenvalue weighted by molar-refractivity contribution is 9.10. The molecule has 0 radical (unpaired) electrons. The van der Waals surface area contributed by atoms with E-state index in [0.717, 1.165) is 4.88 Å². The van der Waals surface area contributed by atoms with Crippen molar-refractivity contribution >= 4 is 43.0 Å². The van der Waals surface area contributed by atoms with Crippen LogP contribution in [0.25, 0.3) is 0 Å². The second kappa shape index (κ2) is 6.43. The molecular weight excluding hydrogens is 379 g/mol. The van der Waals surface area contributed by atoms with Gasteiger partial charge in [-0.3, -0.25) is 4.72 Å². The van der Waals surface area contributed by atoms with E-state index in [1.54, 1.807) is 25.4 Å². The fourth-order valence-corrected chi connectivity index (χ4v) is 4.48. The molecule has 0 atom stereocenters. The Balaban J connectivity index is 2.30. The molecule has 114 valence electrons. The van der Waals surface area contributed by atoms with E-state index in [2.05, 4.69) is 26.0 Å². The van der Waals surface area contributed by atoms with E-state index in [9.17, 15) is 12.8 Å². The molecule has 2 rings (SSSR count). The molecule has 21 heavy (non-hydrogen) atoms. The molecule has 0 aliphatic heterocycles. The molecule has 1 aromatic carbocycles. The van der Waals surface area contributed by atoms with E-state index in [1.807, 2.05) is 0 Å². The van der Waals surface area contributed by atoms with Crippen LogP contribution < -0.4 is 10.0 Å². The van der Waals surface area contributed by atoms with E-state index >= 15 is 0 Å². The third-order valence-corrected chi connectivity index (χ3v) is 5.84. The largest absolute Gasteiger partial charge is 0.315 e. The molecule has 4 nitrogen and oxygen atoms in total. The molecular formula is C13H14BrFN2O2S2. The summed E-state index contributed by atoms with van der Waals surface area (Å²) in [5.74, 6) is -0.428. The van der Waals surface area contributed by atoms with E-state index in [1.165, 1.54) is 23.5 Å². The van der Waals surface area contributed by atoms with Crippen LogP contribution >= 0.6 is 27.3 Å². The molecule has 0 aliphatic rings. The number of nitrogens with one attached hydrogen (secondary N) is 2. The highest BCUT2D eigenvalue weighted by Crippen LogP contribution is 2.27. The Morgan fingerprint density at radius 1 is 1.33 bits per heavy atom. The van der Waals surface area contributed by atoms with Crippen LogP contribution in [0.1, 0.15) is 10.4 Å². The monoisotopic (exact) mass is 392 g/mol. The standard InChI is InChI=1S/C13H14BrFN2O2S2/c1-8-3-12(15)11(14)5-13(8)17-21(18,19)10-4-9(6-16-2)20-7-10/h3-5,7,16-17H,6H2,1-2H3. The Morgan fingerprint density at radius 3 is 2.71 bits per heavy atom. The Morgan fingerprint density at radius 2 is 2.05 bits per heavy atom. The average molecular weight is 393 g/mol. The fraction of sp³-hybridized carbons (Fsp3) is 0.231. The summed E-state index contributed by atoms with van der Waals surface area (Å²) in [5, 5.41) is 4.55. The highest BCUT2D eigenvalue weighted by atomic mass is 79.9. The number of hydrogen-bond acceptors (Lipinski definition) is 4. The van der Waals surface area contributed by atoms with Gasteiger partial charge in [0.1, 0.15) is 5.82 Å². The fourth-order valence-electron chi connectivity index (χ4n) is 1.73. The number of aryl methyl sites for hydroxylation is 1. The SMILES string of the molecule is CNCc1cc(S(=O)(=O)Nc2cc(Br)c(F)cc2C)cs1. The molecule has 0 amide bonds. The maximum absolute atomic E-state index is 13.4. The first kappa shape index (κ1) is 16.4. The quantitative estimate of drug-likeness (QED) is 0.818. The number of anilines is 1. The summed E-state index contributed by atoms with van der Waals surface area (Å²) in [4.78, 5) is 1.13. The predicted octanol–water partition coefficient (Wildman–Crippen LogP) is 3.48. The van der Waals surface area contributed by atoms with Crippen molar-refractivity contribution in [3.05, 3.63) is 44.3 Å². The van der Waals surface area contributed by atoms with Gasteiger partial charge in [0.25, 0.3) is 10.0 Å². The topological polar surface area (TPSA) is 58.2 Å². The maximum Gasteiger partial charge on any atom is 0.262 e. The first-order valence-electron chi connectivity index (χ1n) is 6.04. The van der Waals surface area contributed by atoms with E-state index < -0.39 is 15.8 Å². The Labute approximate surface area is 135 Å². The Kier molecular flexibility index (Phi) is 5.03. The molecule has 1 aromatic heterocycles. The van der Waals surface area contributed by atoms with Crippen molar-refractivity contribution in [1.82, 2.24) is 5.32 Å². The lowest BCUT2D eigenvalue weighted by atomic mass is 10.2. The number of benzene rings is 1. The number of thiophene rings is 1. The van der Waals surface area contributed by atoms with Crippen LogP contribution in [0.2, 0.25) is 0 Å². The van der Waals surface area contributed by atoms with Crippen LogP contribution in [-0.4, -0.2) is 15.5 Å². The number of hydrogen-bond donors (Lipinski definition) is 2. The zero-order valence-electron chi connectivity index (χ0n) is 11.4. The van der Waals surface area contributed by atoms with Crippen molar-refractivity contribution in [1.29, 1.82) is 0 Å². The van der Waals surface area contributed by atoms with Crippen molar-refractivity contribution in [3.8, 4) is 0 Å². The number of sulfonamides is 1. The van der Waals surface area contributed by atoms with Crippen LogP contribution in [0.15, 0.2) is 32.9 Å². The van der Waals surface area contributed by atoms with E-state index in [4.69, 9.17) is 0 Å². The van der Waals surface area contributed by atoms with Crippen molar-refractivity contribution in [2.45, 2.75) is 18.4 Å². The van der Waals surface area contributed by atoms with Gasteiger partial charge in [-0.05, 0) is 53.7 Å². The van der Waals surface area contributed by atoms with Crippen LogP contribution in [0, 0.1) is 12.7 Å². The minimum Gasteiger partial charge on any atom is -0.315 e. The van der Waals surface area contributed by atoms with Gasteiger partial charge in [-0.2, -0.15) is 0 Å². The van der Waals surface area contributed by atoms with E-state index in [0.29, 0.717) is 17.8 Å². The second-order valence-electron chi connectivity index (χ2n) is 4.47. The van der Waals surface area contributed by atoms with Crippen LogP contribution in [0.5, 0.6) is 0 Å². The van der Waals surface area contributed by atoms with Gasteiger partial charge >= 0.3 is 0 Å². The summed E-state index contributed by atoms with van der Waals surface area (Å²) in [6, 6.07) is 4.32. The van der Waals surface area contributed by atoms with Crippen LogP contribution in [0.3, 0.4) is 0 Å². The summed E-state index contributed by atoms with van der Waals surface area (Å²) in [6.07, 6.45) is 0. The molecule has 2 N–H and O–H groups in total. The Bertz CT molecular complexity index is 760. The molecule has 0 fully saturated rings. The van der Waals surface area contributed by atoms with Crippen molar-refractivity contribution < 1.29 is 12.8 Å². The maximum atomic E-state index is 13.4. The van der Waals surface area contributed by atoms with Gasteiger partial charge in [-0.1, -0.05) is 0 Å². The number of rotatable bonds is 5. The zero-order valence-corrected chi connectivity index (χ0v) is 14.6. The molecule has 0 spiro atoms. The van der Waals surface area contributed by atoms with Gasteiger partial charge in [0.05, 0.1) is 15.1 Å². The van der Waals surface area contributed by atoms with Gasteiger partial charge in [-0.15, -0.1) is 11.3 Å². The average Bonchev–Trinajstić information content (AvgIpc) is 2.86. The number of halogens is 2. The summed E-state index contributed by atoms with van der Waals surface area (Å²) < 4.78 is 40.7. The molecule has 1 heterocycles. The van der Waals surface area contributed by atoms with Crippen LogP contribution in [-0.2, 0) is 16.6 Å². The van der Waals surface area contributed by atoms with Crippen molar-refractivity contribution in [2.75, 3.05) is 11.8 Å². The van der Waals surface area contributed by atoms with Crippen molar-refractivity contribution in [3.63, 3.8) is 0 Å². The third-order valence-electron chi connectivity index (χ3n) is 2.80. The second-order valence-corrected chi connectivity index (χ2v) is 8.00. The van der Waals surface area contributed by atoms with Gasteiger partial charge in [0.15, 0.2) is 0 Å². The molecule has 0 aliphatic carbocycles. The lowest BCUT2D eigenvalue weighted by Crippen LogP contribution is -2.13. The van der Waals surface area contributed by atoms with Gasteiger partial charge in [0, 0.05) is 16.8 Å². The van der Waals surface area contributed by atoms with Gasteiger partial charge in [-0.25, -0.2) is 12.8 Å². The predicted molar refractivity (Wildman–Crippen MR) is 86.7 cm³/mol. The highest BCUT2D eigenvalue weighted by Gasteiger charge is 2.18. The lowest BCUT2D eigenvalue weighted by molar-refractivity contribution is 0.601. The first-order chi connectivity index (χ1) is 9.83. The molecule has 0 bridgehead atoms. The third kappa shape index (κ3) is 3.82. The first-order valence-corrected chi connectivity index (χ1v) is 9.19. The normalized spacial score (nSPS) is 11.6. The summed E-state index contributed by atoms with van der Waals surface area (Å²) in [5.41, 5.74) is 0.870. The zero-order chi connectivity index (χ0) is 15.6. The van der Waals surface area contributed by atoms with Crippen LogP contribution in [0.4, 0.5) is 10.1 Å². The molecule has 8 heteroatoms. The molecule has 2 aromatic rings.